The number of nitrogens with two attached hydrogens (primary N) is 1. The molecule has 0 heterocycles. The number of rotatable bonds is 10. The van der Waals surface area contributed by atoms with Crippen molar-refractivity contribution in [2.24, 2.45) is 0 Å². The van der Waals surface area contributed by atoms with Crippen LogP contribution in [0.3, 0.4) is 0 Å². The Hall–Kier alpha value is -2.98. The molecule has 0 aliphatic rings. The Morgan fingerprint density at radius 2 is 1.39 bits per heavy atom. The average molecular weight is 378 g/mol. The molecule has 0 aliphatic carbocycles. The van der Waals surface area contributed by atoms with Crippen molar-refractivity contribution in [3.63, 3.8) is 0 Å². The lowest BCUT2D eigenvalue weighted by Crippen LogP contribution is -2.80. The summed E-state index contributed by atoms with van der Waals surface area (Å²) >= 11 is 0. The van der Waals surface area contributed by atoms with Gasteiger partial charge in [0, 0.05) is 17.5 Å². The highest BCUT2D eigenvalue weighted by molar-refractivity contribution is 5.42. The van der Waals surface area contributed by atoms with Crippen molar-refractivity contribution in [3.05, 3.63) is 89.5 Å². The Morgan fingerprint density at radius 3 is 2.11 bits per heavy atom. The highest BCUT2D eigenvalue weighted by atomic mass is 16.5. The van der Waals surface area contributed by atoms with E-state index < -0.39 is 0 Å². The van der Waals surface area contributed by atoms with Crippen molar-refractivity contribution in [3.8, 4) is 17.2 Å². The van der Waals surface area contributed by atoms with Crippen molar-refractivity contribution in [2.45, 2.75) is 19.5 Å². The first-order valence-corrected chi connectivity index (χ1v) is 9.56. The molecule has 0 atom stereocenters. The molecule has 0 aliphatic heterocycles. The first-order valence-electron chi connectivity index (χ1n) is 9.56. The van der Waals surface area contributed by atoms with Crippen LogP contribution in [0.4, 0.5) is 0 Å². The van der Waals surface area contributed by atoms with Crippen molar-refractivity contribution in [2.75, 3.05) is 20.8 Å². The third-order valence-corrected chi connectivity index (χ3v) is 4.64. The molecule has 3 aromatic rings. The molecule has 4 nitrogen and oxygen atoms in total. The Labute approximate surface area is 167 Å². The molecular weight excluding hydrogens is 350 g/mol. The molecule has 2 N–H and O–H groups in total. The summed E-state index contributed by atoms with van der Waals surface area (Å²) < 4.78 is 16.7. The van der Waals surface area contributed by atoms with Crippen LogP contribution in [-0.2, 0) is 19.5 Å². The summed E-state index contributed by atoms with van der Waals surface area (Å²) in [5, 5.41) is 2.27. The molecule has 0 spiro atoms. The van der Waals surface area contributed by atoms with Crippen LogP contribution in [0.15, 0.2) is 72.8 Å². The second-order valence-corrected chi connectivity index (χ2v) is 6.61. The molecule has 0 unspecified atom stereocenters. The third kappa shape index (κ3) is 5.76. The average Bonchev–Trinajstić information content (AvgIpc) is 2.75. The van der Waals surface area contributed by atoms with Crippen LogP contribution in [0, 0.1) is 0 Å². The Bertz CT molecular complexity index is 847. The highest BCUT2D eigenvalue weighted by Crippen LogP contribution is 2.28. The van der Waals surface area contributed by atoms with Crippen LogP contribution in [0.1, 0.15) is 16.7 Å². The van der Waals surface area contributed by atoms with Crippen LogP contribution >= 0.6 is 0 Å². The first kappa shape index (κ1) is 19.8. The van der Waals surface area contributed by atoms with Gasteiger partial charge in [-0.3, -0.25) is 0 Å². The Morgan fingerprint density at radius 1 is 0.679 bits per heavy atom. The van der Waals surface area contributed by atoms with Gasteiger partial charge in [-0.15, -0.1) is 0 Å². The van der Waals surface area contributed by atoms with Crippen LogP contribution in [0.2, 0.25) is 0 Å². The minimum absolute atomic E-state index is 0.628. The van der Waals surface area contributed by atoms with E-state index >= 15 is 0 Å². The number of quaternary nitrogens is 1. The normalized spacial score (nSPS) is 10.5. The Kier molecular flexibility index (Phi) is 7.33. The summed E-state index contributed by atoms with van der Waals surface area (Å²) in [6.07, 6.45) is 0.876. The van der Waals surface area contributed by atoms with Gasteiger partial charge in [-0.2, -0.15) is 0 Å². The topological polar surface area (TPSA) is 44.3 Å². The lowest BCUT2D eigenvalue weighted by molar-refractivity contribution is -0.686. The van der Waals surface area contributed by atoms with Crippen LogP contribution < -0.4 is 19.5 Å². The maximum Gasteiger partial charge on any atom is 0.161 e. The fourth-order valence-electron chi connectivity index (χ4n) is 3.05. The van der Waals surface area contributed by atoms with E-state index in [4.69, 9.17) is 14.2 Å². The van der Waals surface area contributed by atoms with Gasteiger partial charge >= 0.3 is 0 Å². The highest BCUT2D eigenvalue weighted by Gasteiger charge is 2.07. The first-order chi connectivity index (χ1) is 13.8. The second-order valence-electron chi connectivity index (χ2n) is 6.61. The van der Waals surface area contributed by atoms with Crippen molar-refractivity contribution >= 4 is 0 Å². The molecule has 0 radical (unpaired) electrons. The summed E-state index contributed by atoms with van der Waals surface area (Å²) in [5.41, 5.74) is 3.75. The van der Waals surface area contributed by atoms with E-state index in [1.54, 1.807) is 14.2 Å². The number of methoxy groups -OCH3 is 2. The van der Waals surface area contributed by atoms with Gasteiger partial charge in [0.25, 0.3) is 0 Å². The molecule has 28 heavy (non-hydrogen) atoms. The monoisotopic (exact) mass is 378 g/mol. The second kappa shape index (κ2) is 10.4. The smallest absolute Gasteiger partial charge is 0.161 e. The zero-order chi connectivity index (χ0) is 19.6. The van der Waals surface area contributed by atoms with Crippen LogP contribution in [0.5, 0.6) is 17.2 Å². The third-order valence-electron chi connectivity index (χ3n) is 4.64. The summed E-state index contributed by atoms with van der Waals surface area (Å²) in [6, 6.07) is 24.7. The van der Waals surface area contributed by atoms with E-state index in [9.17, 15) is 0 Å². The number of hydrogen-bond donors (Lipinski definition) is 1. The molecule has 0 fully saturated rings. The number of benzene rings is 3. The maximum absolute atomic E-state index is 5.94. The molecule has 0 saturated carbocycles. The van der Waals surface area contributed by atoms with Gasteiger partial charge in [0.05, 0.1) is 20.8 Å². The SMILES string of the molecule is COc1ccc(C[NH2+]Cc2ccc(OCCc3ccccc3)c(OC)c2)cc1. The molecule has 146 valence electrons. The van der Waals surface area contributed by atoms with E-state index in [1.165, 1.54) is 16.7 Å². The summed E-state index contributed by atoms with van der Waals surface area (Å²) in [5.74, 6) is 2.46. The molecule has 4 heteroatoms. The zero-order valence-electron chi connectivity index (χ0n) is 16.6. The molecular formula is C24H28NO3+. The van der Waals surface area contributed by atoms with Crippen LogP contribution in [0.25, 0.3) is 0 Å². The number of ether oxygens (including phenoxy) is 3. The molecule has 3 rings (SSSR count). The van der Waals surface area contributed by atoms with Gasteiger partial charge in [0.15, 0.2) is 11.5 Å². The predicted octanol–water partition coefficient (Wildman–Crippen LogP) is 3.59. The van der Waals surface area contributed by atoms with Crippen molar-refractivity contribution < 1.29 is 19.5 Å². The lowest BCUT2D eigenvalue weighted by atomic mass is 10.1. The van der Waals surface area contributed by atoms with Crippen molar-refractivity contribution in [1.82, 2.24) is 0 Å². The number of hydrogen-bond acceptors (Lipinski definition) is 3. The van der Waals surface area contributed by atoms with Gasteiger partial charge in [0.2, 0.25) is 0 Å². The molecule has 0 saturated heterocycles. The standard InChI is InChI=1S/C24H27NO3/c1-26-22-11-8-20(9-12-22)17-25-18-21-10-13-23(24(16-21)27-2)28-15-14-19-6-4-3-5-7-19/h3-13,16,25H,14-15,17-18H2,1-2H3/p+1. The van der Waals surface area contributed by atoms with E-state index in [2.05, 4.69) is 41.7 Å². The molecule has 3 aromatic carbocycles. The molecule has 0 bridgehead atoms. The minimum Gasteiger partial charge on any atom is -0.497 e. The van der Waals surface area contributed by atoms with Gasteiger partial charge < -0.3 is 19.5 Å². The summed E-state index contributed by atoms with van der Waals surface area (Å²) in [6.45, 7) is 2.43. The van der Waals surface area contributed by atoms with Crippen molar-refractivity contribution in [1.29, 1.82) is 0 Å². The van der Waals surface area contributed by atoms with E-state index in [-0.39, 0.29) is 0 Å². The Balaban J connectivity index is 1.50. The quantitative estimate of drug-likeness (QED) is 0.586. The summed E-state index contributed by atoms with van der Waals surface area (Å²) in [7, 11) is 3.37. The van der Waals surface area contributed by atoms with Gasteiger partial charge in [0.1, 0.15) is 18.8 Å². The van der Waals surface area contributed by atoms with E-state index in [1.807, 2.05) is 36.4 Å². The van der Waals surface area contributed by atoms with E-state index in [0.29, 0.717) is 6.61 Å². The van der Waals surface area contributed by atoms with Gasteiger partial charge in [-0.1, -0.05) is 30.3 Å². The maximum atomic E-state index is 5.94. The minimum atomic E-state index is 0.628. The fraction of sp³-hybridized carbons (Fsp3) is 0.250. The lowest BCUT2D eigenvalue weighted by Gasteiger charge is -2.12. The fourth-order valence-corrected chi connectivity index (χ4v) is 3.05. The van der Waals surface area contributed by atoms with E-state index in [0.717, 1.165) is 36.8 Å². The largest absolute Gasteiger partial charge is 0.497 e. The molecule has 0 aromatic heterocycles. The summed E-state index contributed by atoms with van der Waals surface area (Å²) in [4.78, 5) is 0. The zero-order valence-corrected chi connectivity index (χ0v) is 16.6. The predicted molar refractivity (Wildman–Crippen MR) is 111 cm³/mol. The van der Waals surface area contributed by atoms with Gasteiger partial charge in [-0.05, 0) is 48.0 Å². The van der Waals surface area contributed by atoms with Gasteiger partial charge in [-0.25, -0.2) is 0 Å². The molecule has 0 amide bonds. The van der Waals surface area contributed by atoms with Crippen LogP contribution in [-0.4, -0.2) is 20.8 Å².